The van der Waals surface area contributed by atoms with E-state index >= 15 is 0 Å². The SMILES string of the molecule is COc1ccc([N+](=O)[O-])c(-c2cc(N)ccc2-c2ccccc2)c1. The predicted molar refractivity (Wildman–Crippen MR) is 94.9 cm³/mol. The number of ether oxygens (including phenoxy) is 1. The molecule has 0 atom stereocenters. The topological polar surface area (TPSA) is 78.4 Å². The Hall–Kier alpha value is -3.34. The number of nitrogens with two attached hydrogens (primary N) is 1. The number of nitro groups is 1. The molecule has 0 aliphatic rings. The summed E-state index contributed by atoms with van der Waals surface area (Å²) in [7, 11) is 1.53. The van der Waals surface area contributed by atoms with E-state index in [2.05, 4.69) is 0 Å². The minimum atomic E-state index is -0.396. The van der Waals surface area contributed by atoms with E-state index in [1.54, 1.807) is 24.3 Å². The number of hydrogen-bond donors (Lipinski definition) is 1. The molecule has 0 radical (unpaired) electrons. The fraction of sp³-hybridized carbons (Fsp3) is 0.0526. The van der Waals surface area contributed by atoms with Gasteiger partial charge in [-0.05, 0) is 41.0 Å². The Kier molecular flexibility index (Phi) is 4.16. The van der Waals surface area contributed by atoms with Crippen LogP contribution in [0.2, 0.25) is 0 Å². The summed E-state index contributed by atoms with van der Waals surface area (Å²) in [5.74, 6) is 0.553. The fourth-order valence-corrected chi connectivity index (χ4v) is 2.67. The molecule has 2 N–H and O–H groups in total. The number of nitro benzene ring substituents is 1. The van der Waals surface area contributed by atoms with Crippen molar-refractivity contribution in [2.45, 2.75) is 0 Å². The first-order chi connectivity index (χ1) is 11.6. The molecule has 0 aliphatic heterocycles. The molecule has 24 heavy (non-hydrogen) atoms. The van der Waals surface area contributed by atoms with Gasteiger partial charge >= 0.3 is 0 Å². The molecule has 0 unspecified atom stereocenters. The van der Waals surface area contributed by atoms with Crippen molar-refractivity contribution in [3.63, 3.8) is 0 Å². The third-order valence-electron chi connectivity index (χ3n) is 3.82. The highest BCUT2D eigenvalue weighted by atomic mass is 16.6. The van der Waals surface area contributed by atoms with Crippen molar-refractivity contribution in [3.8, 4) is 28.0 Å². The van der Waals surface area contributed by atoms with Gasteiger partial charge < -0.3 is 10.5 Å². The summed E-state index contributed by atoms with van der Waals surface area (Å²) in [6, 6.07) is 19.8. The zero-order valence-electron chi connectivity index (χ0n) is 13.1. The van der Waals surface area contributed by atoms with E-state index in [0.717, 1.165) is 11.1 Å². The van der Waals surface area contributed by atoms with Crippen LogP contribution in [0.15, 0.2) is 66.7 Å². The van der Waals surface area contributed by atoms with Gasteiger partial charge in [0.1, 0.15) is 5.75 Å². The number of nitrogen functional groups attached to an aromatic ring is 1. The molecule has 5 nitrogen and oxygen atoms in total. The van der Waals surface area contributed by atoms with Gasteiger partial charge in [0, 0.05) is 11.8 Å². The summed E-state index contributed by atoms with van der Waals surface area (Å²) in [4.78, 5) is 11.1. The third kappa shape index (κ3) is 2.92. The minimum Gasteiger partial charge on any atom is -0.497 e. The average Bonchev–Trinajstić information content (AvgIpc) is 2.61. The van der Waals surface area contributed by atoms with Crippen LogP contribution >= 0.6 is 0 Å². The molecule has 0 saturated heterocycles. The lowest BCUT2D eigenvalue weighted by molar-refractivity contribution is -0.384. The van der Waals surface area contributed by atoms with E-state index in [4.69, 9.17) is 10.5 Å². The smallest absolute Gasteiger partial charge is 0.277 e. The zero-order chi connectivity index (χ0) is 17.1. The second-order valence-corrected chi connectivity index (χ2v) is 5.31. The molecule has 0 amide bonds. The molecule has 3 rings (SSSR count). The quantitative estimate of drug-likeness (QED) is 0.435. The molecule has 0 spiro atoms. The molecule has 0 saturated carbocycles. The first-order valence-electron chi connectivity index (χ1n) is 7.38. The summed E-state index contributed by atoms with van der Waals surface area (Å²) >= 11 is 0. The number of anilines is 1. The van der Waals surface area contributed by atoms with Crippen molar-refractivity contribution in [2.24, 2.45) is 0 Å². The van der Waals surface area contributed by atoms with Crippen molar-refractivity contribution >= 4 is 11.4 Å². The molecule has 120 valence electrons. The lowest BCUT2D eigenvalue weighted by Crippen LogP contribution is -1.96. The first-order valence-corrected chi connectivity index (χ1v) is 7.38. The van der Waals surface area contributed by atoms with Crippen molar-refractivity contribution in [1.29, 1.82) is 0 Å². The van der Waals surface area contributed by atoms with Crippen LogP contribution in [0.3, 0.4) is 0 Å². The van der Waals surface area contributed by atoms with Crippen LogP contribution in [0.25, 0.3) is 22.3 Å². The van der Waals surface area contributed by atoms with Crippen molar-refractivity contribution < 1.29 is 9.66 Å². The molecule has 0 heterocycles. The highest BCUT2D eigenvalue weighted by molar-refractivity contribution is 5.89. The Balaban J connectivity index is 2.30. The molecule has 5 heteroatoms. The number of rotatable bonds is 4. The van der Waals surface area contributed by atoms with E-state index in [9.17, 15) is 10.1 Å². The van der Waals surface area contributed by atoms with Gasteiger partial charge in [-0.1, -0.05) is 36.4 Å². The largest absolute Gasteiger partial charge is 0.497 e. The van der Waals surface area contributed by atoms with Crippen LogP contribution < -0.4 is 10.5 Å². The Morgan fingerprint density at radius 3 is 2.33 bits per heavy atom. The Bertz CT molecular complexity index is 892. The lowest BCUT2D eigenvalue weighted by Gasteiger charge is -2.13. The summed E-state index contributed by atoms with van der Waals surface area (Å²) in [6.07, 6.45) is 0. The van der Waals surface area contributed by atoms with Gasteiger partial charge in [0.15, 0.2) is 0 Å². The van der Waals surface area contributed by atoms with Crippen molar-refractivity contribution in [3.05, 3.63) is 76.8 Å². The van der Waals surface area contributed by atoms with Crippen LogP contribution in [0.1, 0.15) is 0 Å². The summed E-state index contributed by atoms with van der Waals surface area (Å²) in [5, 5.41) is 11.5. The van der Waals surface area contributed by atoms with Crippen LogP contribution in [0.5, 0.6) is 5.75 Å². The van der Waals surface area contributed by atoms with Gasteiger partial charge in [0.2, 0.25) is 0 Å². The highest BCUT2D eigenvalue weighted by Gasteiger charge is 2.19. The molecule has 0 fully saturated rings. The molecular weight excluding hydrogens is 304 g/mol. The molecule has 3 aromatic rings. The Morgan fingerprint density at radius 2 is 1.67 bits per heavy atom. The van der Waals surface area contributed by atoms with Gasteiger partial charge in [0.25, 0.3) is 5.69 Å². The molecule has 3 aromatic carbocycles. The number of nitrogens with zero attached hydrogens (tertiary/aromatic N) is 1. The maximum Gasteiger partial charge on any atom is 0.277 e. The number of methoxy groups -OCH3 is 1. The van der Waals surface area contributed by atoms with E-state index in [1.165, 1.54) is 13.2 Å². The summed E-state index contributed by atoms with van der Waals surface area (Å²) < 4.78 is 5.23. The van der Waals surface area contributed by atoms with E-state index in [1.807, 2.05) is 36.4 Å². The van der Waals surface area contributed by atoms with E-state index in [0.29, 0.717) is 22.6 Å². The van der Waals surface area contributed by atoms with Gasteiger partial charge in [0.05, 0.1) is 17.6 Å². The minimum absolute atomic E-state index is 0.0126. The highest BCUT2D eigenvalue weighted by Crippen LogP contribution is 2.40. The molecular formula is C19H16N2O3. The predicted octanol–water partition coefficient (Wildman–Crippen LogP) is 4.52. The third-order valence-corrected chi connectivity index (χ3v) is 3.82. The van der Waals surface area contributed by atoms with Crippen LogP contribution in [0.4, 0.5) is 11.4 Å². The zero-order valence-corrected chi connectivity index (χ0v) is 13.1. The van der Waals surface area contributed by atoms with Gasteiger partial charge in [-0.15, -0.1) is 0 Å². The summed E-state index contributed by atoms with van der Waals surface area (Å²) in [6.45, 7) is 0. The van der Waals surface area contributed by atoms with Gasteiger partial charge in [-0.2, -0.15) is 0 Å². The number of benzene rings is 3. The normalized spacial score (nSPS) is 10.4. The maximum absolute atomic E-state index is 11.5. The molecule has 0 bridgehead atoms. The second kappa shape index (κ2) is 6.42. The van der Waals surface area contributed by atoms with Crippen molar-refractivity contribution in [1.82, 2.24) is 0 Å². The van der Waals surface area contributed by atoms with Crippen LogP contribution in [0, 0.1) is 10.1 Å². The molecule has 0 aromatic heterocycles. The Labute approximate surface area is 139 Å². The molecule has 0 aliphatic carbocycles. The average molecular weight is 320 g/mol. The van der Waals surface area contributed by atoms with E-state index in [-0.39, 0.29) is 5.69 Å². The Morgan fingerprint density at radius 1 is 0.917 bits per heavy atom. The monoisotopic (exact) mass is 320 g/mol. The second-order valence-electron chi connectivity index (χ2n) is 5.31. The lowest BCUT2D eigenvalue weighted by atomic mass is 9.93. The maximum atomic E-state index is 11.5. The van der Waals surface area contributed by atoms with Crippen LogP contribution in [-0.4, -0.2) is 12.0 Å². The van der Waals surface area contributed by atoms with Crippen molar-refractivity contribution in [2.75, 3.05) is 12.8 Å². The number of hydrogen-bond acceptors (Lipinski definition) is 4. The van der Waals surface area contributed by atoms with Gasteiger partial charge in [-0.3, -0.25) is 10.1 Å². The fourth-order valence-electron chi connectivity index (χ4n) is 2.67. The van der Waals surface area contributed by atoms with E-state index < -0.39 is 4.92 Å². The van der Waals surface area contributed by atoms with Crippen LogP contribution in [-0.2, 0) is 0 Å². The van der Waals surface area contributed by atoms with Gasteiger partial charge in [-0.25, -0.2) is 0 Å². The summed E-state index contributed by atoms with van der Waals surface area (Å²) in [5.41, 5.74) is 9.51. The first kappa shape index (κ1) is 15.6. The standard InChI is InChI=1S/C19H16N2O3/c1-24-15-8-10-19(21(22)23)18(12-15)17-11-14(20)7-9-16(17)13-5-3-2-4-6-13/h2-12H,20H2,1H3.